The lowest BCUT2D eigenvalue weighted by atomic mass is 9.20. The van der Waals surface area contributed by atoms with Crippen LogP contribution in [-0.4, -0.2) is 6.71 Å². The summed E-state index contributed by atoms with van der Waals surface area (Å²) in [5, 5.41) is 0.291. The average molecular weight is 354 g/mol. The van der Waals surface area contributed by atoms with Crippen LogP contribution in [-0.2, 0) is 0 Å². The molecule has 0 atom stereocenters. The summed E-state index contributed by atoms with van der Waals surface area (Å²) in [6.45, 7) is 14.7. The normalized spacial score (nSPS) is 12.1. The maximum absolute atomic E-state index is 2.37. The van der Waals surface area contributed by atoms with E-state index in [1.807, 2.05) is 0 Å². The van der Waals surface area contributed by atoms with Crippen molar-refractivity contribution in [2.24, 2.45) is 0 Å². The van der Waals surface area contributed by atoms with Crippen LogP contribution in [0.3, 0.4) is 0 Å². The lowest BCUT2D eigenvalue weighted by Gasteiger charge is -2.40. The van der Waals surface area contributed by atoms with Crippen LogP contribution in [0.5, 0.6) is 0 Å². The van der Waals surface area contributed by atoms with E-state index in [1.165, 1.54) is 27.7 Å². The van der Waals surface area contributed by atoms with Gasteiger partial charge in [-0.1, -0.05) is 136 Å². The molecule has 0 aromatic heterocycles. The number of rotatable bonds is 3. The van der Waals surface area contributed by atoms with Gasteiger partial charge in [-0.05, 0) is 22.3 Å². The third-order valence-corrected chi connectivity index (χ3v) is 5.30. The van der Waals surface area contributed by atoms with Gasteiger partial charge in [0.1, 0.15) is 0 Å². The van der Waals surface area contributed by atoms with Crippen molar-refractivity contribution >= 4 is 12.2 Å². The van der Waals surface area contributed by atoms with Crippen molar-refractivity contribution in [2.75, 3.05) is 0 Å². The molecule has 0 N–H and O–H groups in total. The van der Waals surface area contributed by atoms with Crippen LogP contribution in [0.15, 0.2) is 78.9 Å². The van der Waals surface area contributed by atoms with Crippen molar-refractivity contribution in [3.63, 3.8) is 0 Å². The Morgan fingerprint density at radius 2 is 0.852 bits per heavy atom. The maximum atomic E-state index is 2.37. The van der Waals surface area contributed by atoms with Gasteiger partial charge in [0.15, 0.2) is 6.71 Å². The quantitative estimate of drug-likeness (QED) is 0.432. The van der Waals surface area contributed by atoms with Crippen molar-refractivity contribution in [2.45, 2.75) is 52.2 Å². The molecule has 1 heteroatoms. The number of hydrogen-bond acceptors (Lipinski definition) is 0. The molecule has 0 saturated carbocycles. The van der Waals surface area contributed by atoms with Gasteiger partial charge in [-0.15, -0.1) is 0 Å². The molecule has 3 aromatic rings. The fourth-order valence-electron chi connectivity index (χ4n) is 4.78. The Morgan fingerprint density at radius 1 is 0.481 bits per heavy atom. The molecule has 0 nitrogen and oxygen atoms in total. The molecule has 27 heavy (non-hydrogen) atoms. The lowest BCUT2D eigenvalue weighted by molar-refractivity contribution is 0.653. The highest BCUT2D eigenvalue weighted by atomic mass is 14.2. The predicted molar refractivity (Wildman–Crippen MR) is 122 cm³/mol. The molecule has 0 unspecified atom stereocenters. The summed E-state index contributed by atoms with van der Waals surface area (Å²) >= 11 is 0. The molecule has 138 valence electrons. The van der Waals surface area contributed by atoms with Crippen molar-refractivity contribution in [3.8, 4) is 22.3 Å². The molecule has 0 aliphatic carbocycles. The third kappa shape index (κ3) is 4.19. The predicted octanol–water partition coefficient (Wildman–Crippen LogP) is 7.32. The fourth-order valence-corrected chi connectivity index (χ4v) is 4.78. The van der Waals surface area contributed by atoms with Crippen LogP contribution >= 0.6 is 0 Å². The zero-order chi connectivity index (χ0) is 19.7. The van der Waals surface area contributed by atoms with Crippen molar-refractivity contribution in [3.05, 3.63) is 78.9 Å². The summed E-state index contributed by atoms with van der Waals surface area (Å²) in [7, 11) is 0. The first-order chi connectivity index (χ1) is 12.7. The summed E-state index contributed by atoms with van der Waals surface area (Å²) < 4.78 is 0. The van der Waals surface area contributed by atoms with Gasteiger partial charge in [0.2, 0.25) is 0 Å². The van der Waals surface area contributed by atoms with Crippen LogP contribution < -0.4 is 5.46 Å². The highest BCUT2D eigenvalue weighted by molar-refractivity contribution is 6.80. The van der Waals surface area contributed by atoms with E-state index >= 15 is 0 Å². The molecular weight excluding hydrogens is 323 g/mol. The van der Waals surface area contributed by atoms with Gasteiger partial charge in [0.05, 0.1) is 0 Å². The molecule has 0 saturated heterocycles. The summed E-state index contributed by atoms with van der Waals surface area (Å²) in [5.74, 6) is 0. The monoisotopic (exact) mass is 354 g/mol. The molecule has 0 bridgehead atoms. The molecule has 3 aromatic carbocycles. The molecule has 0 aliphatic heterocycles. The Hall–Kier alpha value is -2.28. The Bertz CT molecular complexity index is 809. The summed E-state index contributed by atoms with van der Waals surface area (Å²) in [5.41, 5.74) is 6.76. The van der Waals surface area contributed by atoms with Crippen LogP contribution in [0.4, 0.5) is 0 Å². The second kappa shape index (κ2) is 7.39. The third-order valence-electron chi connectivity index (χ3n) is 5.30. The first-order valence-corrected chi connectivity index (χ1v) is 9.93. The van der Waals surface area contributed by atoms with Crippen LogP contribution in [0.1, 0.15) is 41.5 Å². The van der Waals surface area contributed by atoms with Gasteiger partial charge in [-0.2, -0.15) is 0 Å². The van der Waals surface area contributed by atoms with Crippen molar-refractivity contribution in [1.29, 1.82) is 0 Å². The minimum atomic E-state index is 0.146. The van der Waals surface area contributed by atoms with E-state index in [0.29, 0.717) is 6.71 Å². The fraction of sp³-hybridized carbons (Fsp3) is 0.308. The van der Waals surface area contributed by atoms with Gasteiger partial charge in [-0.3, -0.25) is 0 Å². The van der Waals surface area contributed by atoms with Gasteiger partial charge >= 0.3 is 0 Å². The topological polar surface area (TPSA) is 0 Å². The molecule has 0 amide bonds. The van der Waals surface area contributed by atoms with Crippen LogP contribution in [0, 0.1) is 0 Å². The van der Waals surface area contributed by atoms with Crippen molar-refractivity contribution < 1.29 is 0 Å². The second-order valence-electron chi connectivity index (χ2n) is 9.66. The molecule has 3 rings (SSSR count). The van der Waals surface area contributed by atoms with E-state index in [2.05, 4.69) is 120 Å². The van der Waals surface area contributed by atoms with E-state index in [4.69, 9.17) is 0 Å². The minimum Gasteiger partial charge on any atom is -0.0664 e. The Labute approximate surface area is 165 Å². The number of benzene rings is 3. The van der Waals surface area contributed by atoms with Crippen LogP contribution in [0.25, 0.3) is 22.3 Å². The van der Waals surface area contributed by atoms with E-state index in [1.54, 1.807) is 0 Å². The van der Waals surface area contributed by atoms with E-state index < -0.39 is 0 Å². The average Bonchev–Trinajstić information content (AvgIpc) is 2.61. The minimum absolute atomic E-state index is 0.146. The molecule has 0 spiro atoms. The smallest absolute Gasteiger partial charge is 0.0664 e. The van der Waals surface area contributed by atoms with E-state index in [0.717, 1.165) is 0 Å². The zero-order valence-corrected chi connectivity index (χ0v) is 17.6. The summed E-state index contributed by atoms with van der Waals surface area (Å²) in [6, 6.07) is 28.5. The summed E-state index contributed by atoms with van der Waals surface area (Å²) in [4.78, 5) is 0. The van der Waals surface area contributed by atoms with Gasteiger partial charge < -0.3 is 0 Å². The van der Waals surface area contributed by atoms with E-state index in [-0.39, 0.29) is 10.6 Å². The second-order valence-corrected chi connectivity index (χ2v) is 9.66. The maximum Gasteiger partial charge on any atom is 0.188 e. The van der Waals surface area contributed by atoms with Crippen LogP contribution in [0.2, 0.25) is 10.6 Å². The van der Waals surface area contributed by atoms with Gasteiger partial charge in [-0.25, -0.2) is 0 Å². The number of hydrogen-bond donors (Lipinski definition) is 0. The Morgan fingerprint density at radius 3 is 1.19 bits per heavy atom. The molecular formula is C26H31B. The Balaban J connectivity index is 2.38. The first kappa shape index (κ1) is 19.5. The zero-order valence-electron chi connectivity index (χ0n) is 17.6. The lowest BCUT2D eigenvalue weighted by Crippen LogP contribution is -2.47. The van der Waals surface area contributed by atoms with E-state index in [9.17, 15) is 0 Å². The van der Waals surface area contributed by atoms with Crippen molar-refractivity contribution in [1.82, 2.24) is 0 Å². The SMILES string of the molecule is CC(C)(C)B(c1c(-c2ccccc2)cccc1-c1ccccc1)C(C)(C)C. The molecule has 0 fully saturated rings. The standard InChI is InChI=1S/C26H31B/c1-25(2,3)27(26(4,5)6)24-22(20-14-9-7-10-15-20)18-13-19-23(24)21-16-11-8-12-17-21/h7-19H,1-6H3. The highest BCUT2D eigenvalue weighted by Gasteiger charge is 2.42. The largest absolute Gasteiger partial charge is 0.188 e. The molecule has 0 aliphatic rings. The molecule has 0 heterocycles. The summed E-state index contributed by atoms with van der Waals surface area (Å²) in [6.07, 6.45) is 0. The van der Waals surface area contributed by atoms with Gasteiger partial charge in [0, 0.05) is 0 Å². The molecule has 0 radical (unpaired) electrons. The first-order valence-electron chi connectivity index (χ1n) is 9.93. The Kier molecular flexibility index (Phi) is 5.33. The van der Waals surface area contributed by atoms with Gasteiger partial charge in [0.25, 0.3) is 0 Å². The highest BCUT2D eigenvalue weighted by Crippen LogP contribution is 2.44.